The number of nitrogens with zero attached hydrogens (tertiary/aromatic N) is 2. The second-order valence-electron chi connectivity index (χ2n) is 5.04. The van der Waals surface area contributed by atoms with Crippen LogP contribution in [0.25, 0.3) is 0 Å². The van der Waals surface area contributed by atoms with E-state index in [1.54, 1.807) is 4.90 Å². The first kappa shape index (κ1) is 13.3. The Bertz CT molecular complexity index is 316. The number of amides is 1. The van der Waals surface area contributed by atoms with Crippen molar-refractivity contribution in [3.8, 4) is 0 Å². The van der Waals surface area contributed by atoms with Gasteiger partial charge in [-0.25, -0.2) is 0 Å². The number of carboxylic acids is 1. The van der Waals surface area contributed by atoms with E-state index in [1.807, 2.05) is 0 Å². The normalized spacial score (nSPS) is 26.0. The summed E-state index contributed by atoms with van der Waals surface area (Å²) < 4.78 is 0. The summed E-state index contributed by atoms with van der Waals surface area (Å²) in [4.78, 5) is 26.9. The summed E-state index contributed by atoms with van der Waals surface area (Å²) in [7, 11) is 0. The number of carbonyl (C=O) groups excluding carboxylic acids is 1. The molecule has 0 spiro atoms. The fourth-order valence-corrected chi connectivity index (χ4v) is 2.57. The lowest BCUT2D eigenvalue weighted by atomic mass is 9.98. The molecule has 0 saturated carbocycles. The van der Waals surface area contributed by atoms with Gasteiger partial charge in [-0.3, -0.25) is 14.5 Å². The summed E-state index contributed by atoms with van der Waals surface area (Å²) in [5.74, 6) is -1.09. The third-order valence-electron chi connectivity index (χ3n) is 3.69. The highest BCUT2D eigenvalue weighted by Gasteiger charge is 2.28. The molecule has 0 aliphatic carbocycles. The second kappa shape index (κ2) is 6.15. The van der Waals surface area contributed by atoms with E-state index in [0.29, 0.717) is 26.1 Å². The van der Waals surface area contributed by atoms with Crippen LogP contribution in [0.4, 0.5) is 0 Å². The Morgan fingerprint density at radius 3 is 2.61 bits per heavy atom. The molecule has 1 amide bonds. The first-order chi connectivity index (χ1) is 8.66. The third kappa shape index (κ3) is 3.43. The molecule has 0 bridgehead atoms. The van der Waals surface area contributed by atoms with Crippen molar-refractivity contribution in [2.24, 2.45) is 5.92 Å². The van der Waals surface area contributed by atoms with Crippen LogP contribution in [0.15, 0.2) is 0 Å². The zero-order valence-corrected chi connectivity index (χ0v) is 10.6. The van der Waals surface area contributed by atoms with Crippen molar-refractivity contribution in [1.29, 1.82) is 0 Å². The van der Waals surface area contributed by atoms with Gasteiger partial charge < -0.3 is 15.3 Å². The summed E-state index contributed by atoms with van der Waals surface area (Å²) >= 11 is 0. The lowest BCUT2D eigenvalue weighted by Crippen LogP contribution is -2.50. The maximum absolute atomic E-state index is 12.1. The monoisotopic (exact) mass is 255 g/mol. The van der Waals surface area contributed by atoms with Gasteiger partial charge in [-0.05, 0) is 12.8 Å². The van der Waals surface area contributed by atoms with Crippen LogP contribution in [0.3, 0.4) is 0 Å². The molecule has 18 heavy (non-hydrogen) atoms. The lowest BCUT2D eigenvalue weighted by molar-refractivity contribution is -0.146. The summed E-state index contributed by atoms with van der Waals surface area (Å²) in [6, 6.07) is 0. The molecule has 0 unspecified atom stereocenters. The van der Waals surface area contributed by atoms with Crippen LogP contribution in [0.5, 0.6) is 0 Å². The molecule has 6 nitrogen and oxygen atoms in total. The van der Waals surface area contributed by atoms with Crippen LogP contribution in [-0.2, 0) is 9.59 Å². The molecular formula is C12H21N3O3. The summed E-state index contributed by atoms with van der Waals surface area (Å²) in [6.07, 6.45) is 1.48. The zero-order chi connectivity index (χ0) is 13.0. The minimum atomic E-state index is -0.783. The van der Waals surface area contributed by atoms with Crippen molar-refractivity contribution in [2.45, 2.75) is 12.8 Å². The smallest absolute Gasteiger partial charge is 0.308 e. The first-order valence-electron chi connectivity index (χ1n) is 6.60. The Labute approximate surface area is 107 Å². The Morgan fingerprint density at radius 1 is 1.22 bits per heavy atom. The van der Waals surface area contributed by atoms with Crippen LogP contribution in [-0.4, -0.2) is 72.6 Å². The van der Waals surface area contributed by atoms with Gasteiger partial charge in [0.15, 0.2) is 0 Å². The van der Waals surface area contributed by atoms with E-state index in [0.717, 1.165) is 32.6 Å². The number of carbonyl (C=O) groups is 2. The second-order valence-corrected chi connectivity index (χ2v) is 5.04. The SMILES string of the molecule is O=C(O)[C@H]1CCCN(C(=O)CN2CCNCC2)C1. The van der Waals surface area contributed by atoms with Crippen molar-refractivity contribution in [1.82, 2.24) is 15.1 Å². The fraction of sp³-hybridized carbons (Fsp3) is 0.833. The van der Waals surface area contributed by atoms with Gasteiger partial charge in [-0.1, -0.05) is 0 Å². The molecule has 2 fully saturated rings. The number of hydrogen-bond acceptors (Lipinski definition) is 4. The van der Waals surface area contributed by atoms with E-state index in [-0.39, 0.29) is 11.8 Å². The van der Waals surface area contributed by atoms with Gasteiger partial charge in [0, 0.05) is 39.3 Å². The molecule has 0 radical (unpaired) electrons. The van der Waals surface area contributed by atoms with Crippen molar-refractivity contribution in [3.63, 3.8) is 0 Å². The van der Waals surface area contributed by atoms with Gasteiger partial charge >= 0.3 is 5.97 Å². The standard InChI is InChI=1S/C12H21N3O3/c16-11(9-14-6-3-13-4-7-14)15-5-1-2-10(8-15)12(17)18/h10,13H,1-9H2,(H,17,18)/t10-/m0/s1. The van der Waals surface area contributed by atoms with E-state index in [1.165, 1.54) is 0 Å². The molecule has 6 heteroatoms. The fourth-order valence-electron chi connectivity index (χ4n) is 2.57. The molecule has 0 aromatic heterocycles. The van der Waals surface area contributed by atoms with E-state index in [9.17, 15) is 9.59 Å². The van der Waals surface area contributed by atoms with Crippen molar-refractivity contribution >= 4 is 11.9 Å². The van der Waals surface area contributed by atoms with Crippen molar-refractivity contribution < 1.29 is 14.7 Å². The summed E-state index contributed by atoms with van der Waals surface area (Å²) in [6.45, 7) is 5.13. The van der Waals surface area contributed by atoms with Crippen LogP contribution in [0.1, 0.15) is 12.8 Å². The number of carboxylic acid groups (broad SMARTS) is 1. The minimum Gasteiger partial charge on any atom is -0.481 e. The van der Waals surface area contributed by atoms with Gasteiger partial charge in [0.05, 0.1) is 12.5 Å². The molecule has 1 atom stereocenters. The molecule has 0 aromatic rings. The Morgan fingerprint density at radius 2 is 1.94 bits per heavy atom. The average Bonchev–Trinajstić information content (AvgIpc) is 2.40. The van der Waals surface area contributed by atoms with E-state index in [2.05, 4.69) is 10.2 Å². The van der Waals surface area contributed by atoms with Gasteiger partial charge in [0.2, 0.25) is 5.91 Å². The molecule has 0 aromatic carbocycles. The Balaban J connectivity index is 1.82. The van der Waals surface area contributed by atoms with Gasteiger partial charge in [0.1, 0.15) is 0 Å². The minimum absolute atomic E-state index is 0.0721. The maximum atomic E-state index is 12.1. The van der Waals surface area contributed by atoms with Gasteiger partial charge in [0.25, 0.3) is 0 Å². The van der Waals surface area contributed by atoms with Crippen LogP contribution in [0.2, 0.25) is 0 Å². The number of hydrogen-bond donors (Lipinski definition) is 2. The molecule has 2 saturated heterocycles. The molecular weight excluding hydrogens is 234 g/mol. The number of rotatable bonds is 3. The van der Waals surface area contributed by atoms with Gasteiger partial charge in [-0.15, -0.1) is 0 Å². The van der Waals surface area contributed by atoms with Crippen LogP contribution >= 0.6 is 0 Å². The molecule has 2 heterocycles. The van der Waals surface area contributed by atoms with E-state index < -0.39 is 5.97 Å². The number of likely N-dealkylation sites (tertiary alicyclic amines) is 1. The van der Waals surface area contributed by atoms with Crippen molar-refractivity contribution in [2.75, 3.05) is 45.8 Å². The van der Waals surface area contributed by atoms with Crippen molar-refractivity contribution in [3.05, 3.63) is 0 Å². The summed E-state index contributed by atoms with van der Waals surface area (Å²) in [5, 5.41) is 12.2. The highest BCUT2D eigenvalue weighted by molar-refractivity contribution is 5.79. The predicted molar refractivity (Wildman–Crippen MR) is 66.2 cm³/mol. The number of nitrogens with one attached hydrogen (secondary N) is 1. The Hall–Kier alpha value is -1.14. The maximum Gasteiger partial charge on any atom is 0.308 e. The van der Waals surface area contributed by atoms with Crippen LogP contribution in [0, 0.1) is 5.92 Å². The third-order valence-corrected chi connectivity index (χ3v) is 3.69. The topological polar surface area (TPSA) is 72.9 Å². The number of aliphatic carboxylic acids is 1. The predicted octanol–water partition coefficient (Wildman–Crippen LogP) is -0.785. The molecule has 102 valence electrons. The number of piperidine rings is 1. The molecule has 2 rings (SSSR count). The molecule has 2 aliphatic rings. The largest absolute Gasteiger partial charge is 0.481 e. The highest BCUT2D eigenvalue weighted by Crippen LogP contribution is 2.16. The van der Waals surface area contributed by atoms with E-state index >= 15 is 0 Å². The van der Waals surface area contributed by atoms with E-state index in [4.69, 9.17) is 5.11 Å². The summed E-state index contributed by atoms with van der Waals surface area (Å²) in [5.41, 5.74) is 0. The van der Waals surface area contributed by atoms with Crippen LogP contribution < -0.4 is 5.32 Å². The quantitative estimate of drug-likeness (QED) is 0.692. The number of piperazine rings is 1. The molecule has 2 N–H and O–H groups in total. The zero-order valence-electron chi connectivity index (χ0n) is 10.6. The first-order valence-corrected chi connectivity index (χ1v) is 6.60. The molecule has 2 aliphatic heterocycles. The highest BCUT2D eigenvalue weighted by atomic mass is 16.4. The lowest BCUT2D eigenvalue weighted by Gasteiger charge is -2.33. The van der Waals surface area contributed by atoms with Gasteiger partial charge in [-0.2, -0.15) is 0 Å². The Kier molecular flexibility index (Phi) is 4.54. The average molecular weight is 255 g/mol.